The molecule has 0 aliphatic rings. The predicted molar refractivity (Wildman–Crippen MR) is 48.0 cm³/mol. The van der Waals surface area contributed by atoms with Crippen LogP contribution in [0.15, 0.2) is 17.1 Å². The number of carbonyl (C=O) groups excluding carboxylic acids is 2. The van der Waals surface area contributed by atoms with E-state index in [0.717, 1.165) is 0 Å². The Bertz CT molecular complexity index is 241. The summed E-state index contributed by atoms with van der Waals surface area (Å²) in [6.07, 6.45) is 1.66. The molecule has 0 fully saturated rings. The summed E-state index contributed by atoms with van der Waals surface area (Å²) in [5.74, 6) is -0.451. The van der Waals surface area contributed by atoms with E-state index in [1.54, 1.807) is 6.92 Å². The first-order chi connectivity index (χ1) is 6.11. The van der Waals surface area contributed by atoms with Gasteiger partial charge in [0.2, 0.25) is 6.08 Å². The Morgan fingerprint density at radius 2 is 2.31 bits per heavy atom. The van der Waals surface area contributed by atoms with Gasteiger partial charge in [0, 0.05) is 5.57 Å². The molecule has 72 valence electrons. The van der Waals surface area contributed by atoms with Gasteiger partial charge in [0.1, 0.15) is 6.10 Å². The van der Waals surface area contributed by atoms with Crippen molar-refractivity contribution >= 4 is 12.0 Å². The lowest BCUT2D eigenvalue weighted by atomic mass is 10.2. The van der Waals surface area contributed by atoms with E-state index in [2.05, 4.69) is 11.6 Å². The zero-order chi connectivity index (χ0) is 10.3. The number of rotatable bonds is 5. The molecule has 0 aromatic rings. The van der Waals surface area contributed by atoms with Gasteiger partial charge in [0.05, 0.1) is 6.54 Å². The van der Waals surface area contributed by atoms with E-state index >= 15 is 0 Å². The average molecular weight is 183 g/mol. The predicted octanol–water partition coefficient (Wildman–Crippen LogP) is 1.22. The monoisotopic (exact) mass is 183 g/mol. The van der Waals surface area contributed by atoms with Crippen LogP contribution in [0.4, 0.5) is 0 Å². The van der Waals surface area contributed by atoms with Gasteiger partial charge in [-0.05, 0) is 13.3 Å². The van der Waals surface area contributed by atoms with Crippen LogP contribution < -0.4 is 0 Å². The number of nitrogens with zero attached hydrogens (tertiary/aromatic N) is 1. The minimum Gasteiger partial charge on any atom is -0.457 e. The van der Waals surface area contributed by atoms with Gasteiger partial charge in [-0.3, -0.25) is 0 Å². The number of esters is 1. The molecule has 0 aliphatic carbocycles. The van der Waals surface area contributed by atoms with E-state index < -0.39 is 5.97 Å². The van der Waals surface area contributed by atoms with E-state index in [4.69, 9.17) is 4.74 Å². The van der Waals surface area contributed by atoms with Crippen molar-refractivity contribution in [3.63, 3.8) is 0 Å². The summed E-state index contributed by atoms with van der Waals surface area (Å²) in [5, 5.41) is 0. The molecule has 0 saturated carbocycles. The molecule has 0 aliphatic heterocycles. The third kappa shape index (κ3) is 4.93. The number of hydrogen-bond acceptors (Lipinski definition) is 4. The maximum absolute atomic E-state index is 11.0. The molecular formula is C9H13NO3. The number of aliphatic imine (C=N–C) groups is 1. The third-order valence-electron chi connectivity index (χ3n) is 1.44. The summed E-state index contributed by atoms with van der Waals surface area (Å²) in [6.45, 7) is 7.02. The Morgan fingerprint density at radius 3 is 2.69 bits per heavy atom. The van der Waals surface area contributed by atoms with Crippen LogP contribution in [0.5, 0.6) is 0 Å². The van der Waals surface area contributed by atoms with Gasteiger partial charge in [0.15, 0.2) is 0 Å². The number of isocyanates is 1. The van der Waals surface area contributed by atoms with Gasteiger partial charge in [-0.25, -0.2) is 14.6 Å². The van der Waals surface area contributed by atoms with E-state index in [9.17, 15) is 9.59 Å². The van der Waals surface area contributed by atoms with Crippen LogP contribution in [0, 0.1) is 0 Å². The molecule has 0 N–H and O–H groups in total. The molecule has 0 saturated heterocycles. The summed E-state index contributed by atoms with van der Waals surface area (Å²) in [7, 11) is 0. The van der Waals surface area contributed by atoms with Crippen molar-refractivity contribution in [3.05, 3.63) is 12.2 Å². The summed E-state index contributed by atoms with van der Waals surface area (Å²) >= 11 is 0. The van der Waals surface area contributed by atoms with Crippen molar-refractivity contribution < 1.29 is 14.3 Å². The Kier molecular flexibility index (Phi) is 5.48. The molecule has 0 amide bonds. The molecule has 4 heteroatoms. The van der Waals surface area contributed by atoms with Crippen molar-refractivity contribution in [1.82, 2.24) is 0 Å². The lowest BCUT2D eigenvalue weighted by molar-refractivity contribution is -0.143. The zero-order valence-corrected chi connectivity index (χ0v) is 7.87. The lowest BCUT2D eigenvalue weighted by Crippen LogP contribution is -2.20. The molecule has 0 spiro atoms. The Labute approximate surface area is 77.3 Å². The first-order valence-corrected chi connectivity index (χ1v) is 4.02. The summed E-state index contributed by atoms with van der Waals surface area (Å²) in [5.41, 5.74) is 0.341. The first-order valence-electron chi connectivity index (χ1n) is 4.02. The van der Waals surface area contributed by atoms with Crippen LogP contribution in [0.1, 0.15) is 20.3 Å². The van der Waals surface area contributed by atoms with Crippen LogP contribution in [0.2, 0.25) is 0 Å². The molecule has 0 heterocycles. The normalized spacial score (nSPS) is 11.2. The highest BCUT2D eigenvalue weighted by Crippen LogP contribution is 2.02. The van der Waals surface area contributed by atoms with Gasteiger partial charge >= 0.3 is 5.97 Å². The van der Waals surface area contributed by atoms with Crippen LogP contribution in [0.25, 0.3) is 0 Å². The van der Waals surface area contributed by atoms with Gasteiger partial charge < -0.3 is 4.74 Å². The highest BCUT2D eigenvalue weighted by Gasteiger charge is 2.11. The smallest absolute Gasteiger partial charge is 0.333 e. The van der Waals surface area contributed by atoms with E-state index in [1.807, 2.05) is 6.92 Å². The lowest BCUT2D eigenvalue weighted by Gasteiger charge is -2.12. The third-order valence-corrected chi connectivity index (χ3v) is 1.44. The van der Waals surface area contributed by atoms with Gasteiger partial charge in [-0.15, -0.1) is 0 Å². The van der Waals surface area contributed by atoms with Crippen molar-refractivity contribution in [3.8, 4) is 0 Å². The maximum Gasteiger partial charge on any atom is 0.333 e. The van der Waals surface area contributed by atoms with Gasteiger partial charge in [0.25, 0.3) is 0 Å². The quantitative estimate of drug-likeness (QED) is 0.279. The largest absolute Gasteiger partial charge is 0.457 e. The van der Waals surface area contributed by atoms with Gasteiger partial charge in [-0.2, -0.15) is 0 Å². The van der Waals surface area contributed by atoms with E-state index in [-0.39, 0.29) is 12.6 Å². The molecule has 0 aromatic carbocycles. The fraction of sp³-hybridized carbons (Fsp3) is 0.556. The number of carbonyl (C=O) groups is 1. The minimum atomic E-state index is -0.451. The molecule has 1 atom stereocenters. The SMILES string of the molecule is C=C(C)C(=O)OC(CC)CN=C=O. The van der Waals surface area contributed by atoms with Gasteiger partial charge in [-0.1, -0.05) is 13.5 Å². The highest BCUT2D eigenvalue weighted by atomic mass is 16.5. The van der Waals surface area contributed by atoms with Crippen LogP contribution >= 0.6 is 0 Å². The van der Waals surface area contributed by atoms with Crippen molar-refractivity contribution in [2.24, 2.45) is 4.99 Å². The van der Waals surface area contributed by atoms with Crippen molar-refractivity contribution in [2.45, 2.75) is 26.4 Å². The number of hydrogen-bond donors (Lipinski definition) is 0. The van der Waals surface area contributed by atoms with Crippen LogP contribution in [0.3, 0.4) is 0 Å². The molecule has 0 bridgehead atoms. The Morgan fingerprint density at radius 1 is 1.69 bits per heavy atom. The molecule has 0 rings (SSSR count). The summed E-state index contributed by atoms with van der Waals surface area (Å²) in [6, 6.07) is 0. The van der Waals surface area contributed by atoms with Crippen LogP contribution in [-0.2, 0) is 14.3 Å². The van der Waals surface area contributed by atoms with Crippen LogP contribution in [-0.4, -0.2) is 24.7 Å². The fourth-order valence-electron chi connectivity index (χ4n) is 0.641. The maximum atomic E-state index is 11.0. The molecule has 1 unspecified atom stereocenters. The molecule has 4 nitrogen and oxygen atoms in total. The molecular weight excluding hydrogens is 170 g/mol. The minimum absolute atomic E-state index is 0.166. The zero-order valence-electron chi connectivity index (χ0n) is 7.87. The Hall–Kier alpha value is -1.41. The second-order valence-corrected chi connectivity index (χ2v) is 2.65. The van der Waals surface area contributed by atoms with Crippen molar-refractivity contribution in [1.29, 1.82) is 0 Å². The molecule has 0 radical (unpaired) electrons. The Balaban J connectivity index is 4.04. The number of ether oxygens (including phenoxy) is 1. The average Bonchev–Trinajstić information content (AvgIpc) is 2.11. The van der Waals surface area contributed by atoms with E-state index in [1.165, 1.54) is 6.08 Å². The second kappa shape index (κ2) is 6.14. The topological polar surface area (TPSA) is 55.7 Å². The first kappa shape index (κ1) is 11.6. The van der Waals surface area contributed by atoms with Crippen molar-refractivity contribution in [2.75, 3.05) is 6.54 Å². The molecule has 0 aromatic heterocycles. The van der Waals surface area contributed by atoms with E-state index in [0.29, 0.717) is 12.0 Å². The standard InChI is InChI=1S/C9H13NO3/c1-4-8(5-10-6-11)13-9(12)7(2)3/h8H,2,4-5H2,1,3H3. The molecule has 13 heavy (non-hydrogen) atoms. The second-order valence-electron chi connectivity index (χ2n) is 2.65. The summed E-state index contributed by atoms with van der Waals surface area (Å²) < 4.78 is 4.95. The summed E-state index contributed by atoms with van der Waals surface area (Å²) in [4.78, 5) is 24.2. The highest BCUT2D eigenvalue weighted by molar-refractivity contribution is 5.87. The fourth-order valence-corrected chi connectivity index (χ4v) is 0.641.